The molecular formula is C14H27ClN4O. The van der Waals surface area contributed by atoms with Gasteiger partial charge in [0.25, 0.3) is 0 Å². The van der Waals surface area contributed by atoms with Crippen molar-refractivity contribution in [2.24, 2.45) is 5.73 Å². The number of methoxy groups -OCH3 is 1. The molecule has 1 aromatic rings. The summed E-state index contributed by atoms with van der Waals surface area (Å²) in [6, 6.07) is -0.292. The van der Waals surface area contributed by atoms with Gasteiger partial charge in [0.15, 0.2) is 0 Å². The Bertz CT molecular complexity index is 407. The molecule has 0 aliphatic carbocycles. The first-order chi connectivity index (χ1) is 9.41. The van der Waals surface area contributed by atoms with Crippen molar-refractivity contribution < 1.29 is 4.74 Å². The molecule has 0 saturated carbocycles. The highest BCUT2D eigenvalue weighted by Gasteiger charge is 2.37. The molecule has 0 aromatic carbocycles. The van der Waals surface area contributed by atoms with Crippen LogP contribution in [0.4, 0.5) is 0 Å². The normalized spacial score (nSPS) is 14.0. The van der Waals surface area contributed by atoms with Gasteiger partial charge in [0.05, 0.1) is 35.1 Å². The Morgan fingerprint density at radius 1 is 1.45 bits per heavy atom. The molecular weight excluding hydrogens is 276 g/mol. The Balaban J connectivity index is 3.07. The lowest BCUT2D eigenvalue weighted by Gasteiger charge is -2.36. The van der Waals surface area contributed by atoms with Crippen LogP contribution in [-0.4, -0.2) is 48.0 Å². The van der Waals surface area contributed by atoms with Gasteiger partial charge in [-0.25, -0.2) is 0 Å². The number of likely N-dealkylation sites (N-methyl/N-ethyl adjacent to an activating group) is 1. The third kappa shape index (κ3) is 3.52. The Kier molecular flexibility index (Phi) is 6.45. The van der Waals surface area contributed by atoms with Crippen LogP contribution in [0, 0.1) is 0 Å². The summed E-state index contributed by atoms with van der Waals surface area (Å²) in [4.78, 5) is 2.11. The van der Waals surface area contributed by atoms with Crippen LogP contribution in [-0.2, 0) is 11.3 Å². The fourth-order valence-electron chi connectivity index (χ4n) is 2.51. The van der Waals surface area contributed by atoms with Crippen LogP contribution in [0.2, 0.25) is 5.02 Å². The molecule has 6 heteroatoms. The van der Waals surface area contributed by atoms with Crippen molar-refractivity contribution in [2.75, 3.05) is 27.7 Å². The number of nitrogens with zero attached hydrogens (tertiary/aromatic N) is 3. The molecule has 1 heterocycles. The van der Waals surface area contributed by atoms with Gasteiger partial charge in [0.1, 0.15) is 0 Å². The molecule has 0 aliphatic heterocycles. The fourth-order valence-corrected chi connectivity index (χ4v) is 2.77. The van der Waals surface area contributed by atoms with Crippen LogP contribution >= 0.6 is 11.6 Å². The SMILES string of the molecule is CCC(CC)(OC)C(N)c1c(Cl)cnn1CCN(C)C. The largest absolute Gasteiger partial charge is 0.376 e. The molecule has 5 nitrogen and oxygen atoms in total. The van der Waals surface area contributed by atoms with E-state index in [-0.39, 0.29) is 6.04 Å². The van der Waals surface area contributed by atoms with Crippen LogP contribution < -0.4 is 5.73 Å². The summed E-state index contributed by atoms with van der Waals surface area (Å²) in [5, 5.41) is 4.96. The Morgan fingerprint density at radius 3 is 2.50 bits per heavy atom. The number of aromatic nitrogens is 2. The van der Waals surface area contributed by atoms with Crippen molar-refractivity contribution >= 4 is 11.6 Å². The molecule has 0 radical (unpaired) electrons. The van der Waals surface area contributed by atoms with Crippen LogP contribution in [0.5, 0.6) is 0 Å². The minimum atomic E-state index is -0.403. The summed E-state index contributed by atoms with van der Waals surface area (Å²) in [5.74, 6) is 0. The fraction of sp³-hybridized carbons (Fsp3) is 0.786. The molecule has 1 rings (SSSR count). The van der Waals surface area contributed by atoms with E-state index in [1.54, 1.807) is 13.3 Å². The van der Waals surface area contributed by atoms with Crippen LogP contribution in [0.1, 0.15) is 38.4 Å². The quantitative estimate of drug-likeness (QED) is 0.800. The first-order valence-corrected chi connectivity index (χ1v) is 7.46. The number of hydrogen-bond acceptors (Lipinski definition) is 4. The standard InChI is InChI=1S/C14H27ClN4O/c1-6-14(7-2,20-5)13(16)12-11(15)10-17-19(12)9-8-18(3)4/h10,13H,6-9,16H2,1-5H3. The second-order valence-corrected chi connectivity index (χ2v) is 5.77. The Labute approximate surface area is 127 Å². The molecule has 116 valence electrons. The molecule has 0 aliphatic rings. The first kappa shape index (κ1) is 17.4. The van der Waals surface area contributed by atoms with Gasteiger partial charge in [-0.1, -0.05) is 25.4 Å². The number of rotatable bonds is 8. The van der Waals surface area contributed by atoms with Gasteiger partial charge in [0.2, 0.25) is 0 Å². The van der Waals surface area contributed by atoms with E-state index in [0.717, 1.165) is 31.6 Å². The van der Waals surface area contributed by atoms with Gasteiger partial charge in [-0.15, -0.1) is 0 Å². The number of hydrogen-bond donors (Lipinski definition) is 1. The summed E-state index contributed by atoms with van der Waals surface area (Å²) in [6.07, 6.45) is 3.32. The van der Waals surface area contributed by atoms with Gasteiger partial charge in [0, 0.05) is 13.7 Å². The van der Waals surface area contributed by atoms with Crippen molar-refractivity contribution in [3.63, 3.8) is 0 Å². The van der Waals surface area contributed by atoms with Gasteiger partial charge in [-0.2, -0.15) is 5.10 Å². The average molecular weight is 303 g/mol. The molecule has 0 spiro atoms. The lowest BCUT2D eigenvalue weighted by molar-refractivity contribution is -0.0405. The molecule has 2 N–H and O–H groups in total. The van der Waals surface area contributed by atoms with Gasteiger partial charge < -0.3 is 15.4 Å². The summed E-state index contributed by atoms with van der Waals surface area (Å²) in [7, 11) is 5.77. The summed E-state index contributed by atoms with van der Waals surface area (Å²) >= 11 is 6.30. The maximum Gasteiger partial charge on any atom is 0.0881 e. The van der Waals surface area contributed by atoms with E-state index in [2.05, 4.69) is 23.8 Å². The second kappa shape index (κ2) is 7.41. The van der Waals surface area contributed by atoms with E-state index in [1.165, 1.54) is 0 Å². The third-order valence-electron chi connectivity index (χ3n) is 4.06. The van der Waals surface area contributed by atoms with Crippen molar-refractivity contribution in [3.05, 3.63) is 16.9 Å². The second-order valence-electron chi connectivity index (χ2n) is 5.36. The van der Waals surface area contributed by atoms with Crippen molar-refractivity contribution in [1.29, 1.82) is 0 Å². The summed E-state index contributed by atoms with van der Waals surface area (Å²) < 4.78 is 7.62. The molecule has 20 heavy (non-hydrogen) atoms. The monoisotopic (exact) mass is 302 g/mol. The minimum Gasteiger partial charge on any atom is -0.376 e. The Morgan fingerprint density at radius 2 is 2.05 bits per heavy atom. The number of ether oxygens (including phenoxy) is 1. The number of nitrogens with two attached hydrogens (primary N) is 1. The zero-order valence-corrected chi connectivity index (χ0v) is 13.9. The lowest BCUT2D eigenvalue weighted by Crippen LogP contribution is -2.43. The Hall–Kier alpha value is -0.620. The smallest absolute Gasteiger partial charge is 0.0881 e. The van der Waals surface area contributed by atoms with Gasteiger partial charge >= 0.3 is 0 Å². The highest BCUT2D eigenvalue weighted by atomic mass is 35.5. The van der Waals surface area contributed by atoms with E-state index in [9.17, 15) is 0 Å². The average Bonchev–Trinajstić information content (AvgIpc) is 2.79. The maximum absolute atomic E-state index is 6.47. The predicted molar refractivity (Wildman–Crippen MR) is 83.0 cm³/mol. The van der Waals surface area contributed by atoms with E-state index >= 15 is 0 Å². The van der Waals surface area contributed by atoms with Crippen molar-refractivity contribution in [2.45, 2.75) is 44.9 Å². The predicted octanol–water partition coefficient (Wildman–Crippen LogP) is 2.30. The molecule has 1 atom stereocenters. The van der Waals surface area contributed by atoms with E-state index < -0.39 is 5.60 Å². The van der Waals surface area contributed by atoms with Gasteiger partial charge in [-0.3, -0.25) is 4.68 Å². The zero-order valence-electron chi connectivity index (χ0n) is 13.2. The molecule has 0 amide bonds. The molecule has 0 saturated heterocycles. The molecule has 1 unspecified atom stereocenters. The third-order valence-corrected chi connectivity index (χ3v) is 4.35. The molecule has 0 bridgehead atoms. The summed E-state index contributed by atoms with van der Waals surface area (Å²) in [5.41, 5.74) is 6.93. The molecule has 0 fully saturated rings. The number of halogens is 1. The van der Waals surface area contributed by atoms with Crippen molar-refractivity contribution in [1.82, 2.24) is 14.7 Å². The van der Waals surface area contributed by atoms with E-state index in [4.69, 9.17) is 22.1 Å². The minimum absolute atomic E-state index is 0.292. The van der Waals surface area contributed by atoms with Gasteiger partial charge in [-0.05, 0) is 26.9 Å². The lowest BCUT2D eigenvalue weighted by atomic mass is 9.86. The zero-order chi connectivity index (χ0) is 15.3. The highest BCUT2D eigenvalue weighted by molar-refractivity contribution is 6.31. The van der Waals surface area contributed by atoms with Crippen LogP contribution in [0.15, 0.2) is 6.20 Å². The topological polar surface area (TPSA) is 56.3 Å². The van der Waals surface area contributed by atoms with Crippen LogP contribution in [0.3, 0.4) is 0 Å². The maximum atomic E-state index is 6.47. The van der Waals surface area contributed by atoms with Crippen LogP contribution in [0.25, 0.3) is 0 Å². The highest BCUT2D eigenvalue weighted by Crippen LogP contribution is 2.36. The van der Waals surface area contributed by atoms with E-state index in [1.807, 2.05) is 18.8 Å². The first-order valence-electron chi connectivity index (χ1n) is 7.08. The molecule has 1 aromatic heterocycles. The van der Waals surface area contributed by atoms with Crippen molar-refractivity contribution in [3.8, 4) is 0 Å². The summed E-state index contributed by atoms with van der Waals surface area (Å²) in [6.45, 7) is 5.81. The van der Waals surface area contributed by atoms with E-state index in [0.29, 0.717) is 5.02 Å².